The lowest BCUT2D eigenvalue weighted by molar-refractivity contribution is 0.280. The second-order valence-electron chi connectivity index (χ2n) is 6.54. The van der Waals surface area contributed by atoms with E-state index < -0.39 is 0 Å². The molecule has 3 rings (SSSR count). The smallest absolute Gasteiger partial charge is 0.0202 e. The molecule has 2 aliphatic rings. The molecule has 1 fully saturated rings. The minimum absolute atomic E-state index is 0.698. The Hall–Kier alpha value is -0.300. The Morgan fingerprint density at radius 3 is 1.94 bits per heavy atom. The summed E-state index contributed by atoms with van der Waals surface area (Å²) in [5.41, 5.74) is 3.25. The van der Waals surface area contributed by atoms with Crippen molar-refractivity contribution in [1.82, 2.24) is 0 Å². The molecule has 1 aromatic rings. The van der Waals surface area contributed by atoms with Gasteiger partial charge in [0.2, 0.25) is 0 Å². The molecule has 3 atom stereocenters. The summed E-state index contributed by atoms with van der Waals surface area (Å²) in [7, 11) is 0. The van der Waals surface area contributed by atoms with E-state index in [-0.39, 0.29) is 0 Å². The first-order valence-electron chi connectivity index (χ1n) is 7.37. The van der Waals surface area contributed by atoms with Gasteiger partial charge in [0.1, 0.15) is 0 Å². The summed E-state index contributed by atoms with van der Waals surface area (Å²) < 4.78 is 0. The highest BCUT2D eigenvalue weighted by atomic mass is 79.9. The fraction of sp³-hybridized carbons (Fsp3) is 0.647. The molecule has 1 heteroatoms. The molecule has 0 heterocycles. The van der Waals surface area contributed by atoms with Crippen LogP contribution in [-0.2, 0) is 12.8 Å². The van der Waals surface area contributed by atoms with Crippen molar-refractivity contribution in [2.45, 2.75) is 44.4 Å². The van der Waals surface area contributed by atoms with Crippen LogP contribution in [0, 0.1) is 23.7 Å². The molecular weight excluding hydrogens is 284 g/mol. The summed E-state index contributed by atoms with van der Waals surface area (Å²) in [5.74, 6) is 3.45. The molecule has 0 radical (unpaired) electrons. The van der Waals surface area contributed by atoms with Crippen LogP contribution in [0.4, 0.5) is 0 Å². The number of fused-ring (bicyclic) bond motifs is 3. The standard InChI is InChI=1S/C17H23Br/c1-11(2)17(18)16-14-7-8-15(16)10-13-6-4-3-5-12(13)9-14/h3-6,11,14-17H,7-10H2,1-2H3. The van der Waals surface area contributed by atoms with Crippen molar-refractivity contribution >= 4 is 15.9 Å². The van der Waals surface area contributed by atoms with E-state index in [0.717, 1.165) is 23.7 Å². The maximum absolute atomic E-state index is 4.00. The van der Waals surface area contributed by atoms with Crippen molar-refractivity contribution in [3.8, 4) is 0 Å². The average Bonchev–Trinajstić information content (AvgIpc) is 2.64. The third-order valence-electron chi connectivity index (χ3n) is 5.08. The molecule has 2 bridgehead atoms. The van der Waals surface area contributed by atoms with Crippen LogP contribution in [0.2, 0.25) is 0 Å². The first-order valence-corrected chi connectivity index (χ1v) is 8.29. The molecule has 0 saturated heterocycles. The topological polar surface area (TPSA) is 0 Å². The van der Waals surface area contributed by atoms with Crippen molar-refractivity contribution < 1.29 is 0 Å². The minimum Gasteiger partial charge on any atom is -0.0885 e. The van der Waals surface area contributed by atoms with E-state index in [1.54, 1.807) is 11.1 Å². The van der Waals surface area contributed by atoms with Gasteiger partial charge < -0.3 is 0 Å². The van der Waals surface area contributed by atoms with E-state index in [0.29, 0.717) is 4.83 Å². The summed E-state index contributed by atoms with van der Waals surface area (Å²) >= 11 is 4.00. The second-order valence-corrected chi connectivity index (χ2v) is 7.60. The van der Waals surface area contributed by atoms with Crippen LogP contribution in [0.1, 0.15) is 37.8 Å². The van der Waals surface area contributed by atoms with E-state index in [4.69, 9.17) is 0 Å². The zero-order valence-electron chi connectivity index (χ0n) is 11.4. The Balaban J connectivity index is 1.91. The summed E-state index contributed by atoms with van der Waals surface area (Å²) in [6.45, 7) is 4.72. The van der Waals surface area contributed by atoms with Crippen molar-refractivity contribution in [3.05, 3.63) is 35.4 Å². The van der Waals surface area contributed by atoms with Crippen molar-refractivity contribution in [1.29, 1.82) is 0 Å². The SMILES string of the molecule is CC(C)C(Br)C1C2CCC1Cc1ccccc1C2. The normalized spacial score (nSPS) is 32.1. The highest BCUT2D eigenvalue weighted by molar-refractivity contribution is 9.09. The van der Waals surface area contributed by atoms with Gasteiger partial charge in [-0.2, -0.15) is 0 Å². The third kappa shape index (κ3) is 2.15. The molecule has 0 amide bonds. The van der Waals surface area contributed by atoms with Gasteiger partial charge in [0, 0.05) is 4.83 Å². The molecule has 1 saturated carbocycles. The van der Waals surface area contributed by atoms with Gasteiger partial charge in [-0.3, -0.25) is 0 Å². The lowest BCUT2D eigenvalue weighted by Crippen LogP contribution is -2.29. The Labute approximate surface area is 119 Å². The zero-order chi connectivity index (χ0) is 12.7. The molecule has 0 N–H and O–H groups in total. The quantitative estimate of drug-likeness (QED) is 0.685. The van der Waals surface area contributed by atoms with Gasteiger partial charge in [0.25, 0.3) is 0 Å². The van der Waals surface area contributed by atoms with Crippen LogP contribution in [0.3, 0.4) is 0 Å². The van der Waals surface area contributed by atoms with Crippen molar-refractivity contribution in [3.63, 3.8) is 0 Å². The van der Waals surface area contributed by atoms with E-state index in [9.17, 15) is 0 Å². The van der Waals surface area contributed by atoms with Crippen molar-refractivity contribution in [2.24, 2.45) is 23.7 Å². The number of halogens is 1. The van der Waals surface area contributed by atoms with Gasteiger partial charge >= 0.3 is 0 Å². The predicted octanol–water partition coefficient (Wildman–Crippen LogP) is 4.85. The Kier molecular flexibility index (Phi) is 3.53. The van der Waals surface area contributed by atoms with Gasteiger partial charge in [-0.05, 0) is 60.5 Å². The maximum atomic E-state index is 4.00. The van der Waals surface area contributed by atoms with Crippen LogP contribution in [0.5, 0.6) is 0 Å². The number of hydrogen-bond donors (Lipinski definition) is 0. The van der Waals surface area contributed by atoms with Crippen LogP contribution in [0.15, 0.2) is 24.3 Å². The van der Waals surface area contributed by atoms with Crippen LogP contribution in [0.25, 0.3) is 0 Å². The second kappa shape index (κ2) is 5.00. The molecule has 98 valence electrons. The average molecular weight is 307 g/mol. The highest BCUT2D eigenvalue weighted by Gasteiger charge is 2.42. The van der Waals surface area contributed by atoms with Gasteiger partial charge in [0.05, 0.1) is 0 Å². The molecule has 3 unspecified atom stereocenters. The first kappa shape index (κ1) is 12.7. The van der Waals surface area contributed by atoms with Crippen LogP contribution >= 0.6 is 15.9 Å². The number of hydrogen-bond acceptors (Lipinski definition) is 0. The largest absolute Gasteiger partial charge is 0.0885 e. The molecule has 0 aliphatic heterocycles. The van der Waals surface area contributed by atoms with Crippen LogP contribution in [-0.4, -0.2) is 4.83 Å². The Morgan fingerprint density at radius 1 is 1.00 bits per heavy atom. The van der Waals surface area contributed by atoms with Crippen LogP contribution < -0.4 is 0 Å². The lowest BCUT2D eigenvalue weighted by Gasteiger charge is -2.30. The summed E-state index contributed by atoms with van der Waals surface area (Å²) in [6.07, 6.45) is 5.51. The fourth-order valence-corrected chi connectivity index (χ4v) is 5.02. The van der Waals surface area contributed by atoms with E-state index in [1.807, 2.05) is 0 Å². The third-order valence-corrected chi connectivity index (χ3v) is 6.75. The maximum Gasteiger partial charge on any atom is 0.0202 e. The molecule has 2 aliphatic carbocycles. The van der Waals surface area contributed by atoms with Gasteiger partial charge in [-0.25, -0.2) is 0 Å². The van der Waals surface area contributed by atoms with E-state index >= 15 is 0 Å². The fourth-order valence-electron chi connectivity index (χ4n) is 4.16. The predicted molar refractivity (Wildman–Crippen MR) is 81.1 cm³/mol. The molecule has 18 heavy (non-hydrogen) atoms. The lowest BCUT2D eigenvalue weighted by atomic mass is 9.81. The van der Waals surface area contributed by atoms with Gasteiger partial charge in [-0.15, -0.1) is 0 Å². The Bertz CT molecular complexity index is 390. The summed E-state index contributed by atoms with van der Waals surface area (Å²) in [4.78, 5) is 0.698. The Morgan fingerprint density at radius 2 is 1.50 bits per heavy atom. The van der Waals surface area contributed by atoms with E-state index in [1.165, 1.54) is 25.7 Å². The molecule has 0 nitrogen and oxygen atoms in total. The highest BCUT2D eigenvalue weighted by Crippen LogP contribution is 2.48. The molecule has 0 spiro atoms. The van der Waals surface area contributed by atoms with Gasteiger partial charge in [-0.1, -0.05) is 54.0 Å². The molecular formula is C17H23Br. The van der Waals surface area contributed by atoms with Crippen molar-refractivity contribution in [2.75, 3.05) is 0 Å². The molecule has 1 aromatic carbocycles. The molecule has 0 aromatic heterocycles. The summed E-state index contributed by atoms with van der Waals surface area (Å²) in [5, 5.41) is 0. The number of benzene rings is 1. The zero-order valence-corrected chi connectivity index (χ0v) is 13.0. The van der Waals surface area contributed by atoms with E-state index in [2.05, 4.69) is 54.0 Å². The monoisotopic (exact) mass is 306 g/mol. The summed E-state index contributed by atoms with van der Waals surface area (Å²) in [6, 6.07) is 9.12. The minimum atomic E-state index is 0.698. The number of rotatable bonds is 2. The first-order chi connectivity index (χ1) is 8.66. The van der Waals surface area contributed by atoms with Gasteiger partial charge in [0.15, 0.2) is 0 Å². The number of alkyl halides is 1.